The van der Waals surface area contributed by atoms with E-state index in [1.54, 1.807) is 12.1 Å². The maximum atomic E-state index is 13.4. The molecule has 0 atom stereocenters. The Hall–Kier alpha value is -2.22. The number of rotatable bonds is 2. The van der Waals surface area contributed by atoms with Gasteiger partial charge in [-0.15, -0.1) is 0 Å². The van der Waals surface area contributed by atoms with Crippen LogP contribution in [0.15, 0.2) is 28.9 Å². The van der Waals surface area contributed by atoms with E-state index in [-0.39, 0.29) is 11.8 Å². The fourth-order valence-corrected chi connectivity index (χ4v) is 1.80. The summed E-state index contributed by atoms with van der Waals surface area (Å²) in [7, 11) is 0. The van der Waals surface area contributed by atoms with Crippen LogP contribution in [-0.2, 0) is 0 Å². The van der Waals surface area contributed by atoms with Gasteiger partial charge in [-0.1, -0.05) is 0 Å². The van der Waals surface area contributed by atoms with Crippen LogP contribution >= 0.6 is 15.9 Å². The molecule has 0 saturated carbocycles. The highest BCUT2D eigenvalue weighted by molar-refractivity contribution is 9.10. The molecule has 3 rings (SSSR count). The van der Waals surface area contributed by atoms with Gasteiger partial charge in [0.1, 0.15) is 17.0 Å². The lowest BCUT2D eigenvalue weighted by molar-refractivity contribution is 0.463. The third-order valence-electron chi connectivity index (χ3n) is 2.40. The zero-order chi connectivity index (χ0) is 13.4. The van der Waals surface area contributed by atoms with E-state index < -0.39 is 5.82 Å². The molecule has 2 heterocycles. The zero-order valence-corrected chi connectivity index (χ0v) is 11.0. The molecule has 8 heteroatoms. The van der Waals surface area contributed by atoms with Crippen molar-refractivity contribution < 1.29 is 9.13 Å². The van der Waals surface area contributed by atoms with Crippen LogP contribution in [0.2, 0.25) is 0 Å². The van der Waals surface area contributed by atoms with E-state index >= 15 is 0 Å². The maximum absolute atomic E-state index is 13.4. The predicted molar refractivity (Wildman–Crippen MR) is 70.3 cm³/mol. The minimum atomic E-state index is -0.428. The molecule has 0 bridgehead atoms. The molecule has 0 saturated heterocycles. The van der Waals surface area contributed by atoms with Gasteiger partial charge in [0.25, 0.3) is 0 Å². The van der Waals surface area contributed by atoms with Crippen molar-refractivity contribution in [1.82, 2.24) is 20.2 Å². The van der Waals surface area contributed by atoms with Crippen LogP contribution in [-0.4, -0.2) is 20.2 Å². The predicted octanol–water partition coefficient (Wildman–Crippen LogP) is 2.63. The molecule has 0 aliphatic heterocycles. The summed E-state index contributed by atoms with van der Waals surface area (Å²) in [5.41, 5.74) is 6.02. The fourth-order valence-electron chi connectivity index (χ4n) is 1.55. The number of nitrogens with one attached hydrogen (secondary N) is 1. The second-order valence-electron chi connectivity index (χ2n) is 3.70. The van der Waals surface area contributed by atoms with Gasteiger partial charge >= 0.3 is 0 Å². The summed E-state index contributed by atoms with van der Waals surface area (Å²) in [6.45, 7) is 0. The second-order valence-corrected chi connectivity index (χ2v) is 4.55. The van der Waals surface area contributed by atoms with Crippen LogP contribution in [0.25, 0.3) is 11.0 Å². The largest absolute Gasteiger partial charge is 0.438 e. The highest BCUT2D eigenvalue weighted by atomic mass is 79.9. The van der Waals surface area contributed by atoms with Crippen molar-refractivity contribution in [2.75, 3.05) is 5.73 Å². The van der Waals surface area contributed by atoms with Crippen molar-refractivity contribution in [2.45, 2.75) is 0 Å². The lowest BCUT2D eigenvalue weighted by Crippen LogP contribution is -1.98. The van der Waals surface area contributed by atoms with Crippen LogP contribution in [0.4, 0.5) is 10.3 Å². The van der Waals surface area contributed by atoms with Crippen LogP contribution in [0.1, 0.15) is 0 Å². The van der Waals surface area contributed by atoms with Gasteiger partial charge in [-0.05, 0) is 28.1 Å². The van der Waals surface area contributed by atoms with Crippen molar-refractivity contribution in [3.05, 3.63) is 34.7 Å². The molecule has 0 fully saturated rings. The minimum absolute atomic E-state index is 0.0457. The molecule has 0 amide bonds. The molecular formula is C11H7BrFN5O. The van der Waals surface area contributed by atoms with E-state index in [1.165, 1.54) is 12.3 Å². The second kappa shape index (κ2) is 4.47. The first-order valence-electron chi connectivity index (χ1n) is 5.23. The van der Waals surface area contributed by atoms with Crippen molar-refractivity contribution in [3.8, 4) is 11.6 Å². The molecule has 0 unspecified atom stereocenters. The van der Waals surface area contributed by atoms with Crippen molar-refractivity contribution in [3.63, 3.8) is 0 Å². The average molecular weight is 324 g/mol. The number of aromatic amines is 1. The average Bonchev–Trinajstić information content (AvgIpc) is 2.82. The molecule has 19 heavy (non-hydrogen) atoms. The molecule has 1 aromatic carbocycles. The SMILES string of the molecule is Nc1nc(Oc2ccc(Br)c(F)c2)c2cn[nH]c2n1. The Labute approximate surface area is 114 Å². The van der Waals surface area contributed by atoms with E-state index in [1.807, 2.05) is 0 Å². The van der Waals surface area contributed by atoms with Gasteiger partial charge in [-0.25, -0.2) is 4.39 Å². The number of benzene rings is 1. The highest BCUT2D eigenvalue weighted by Crippen LogP contribution is 2.28. The first-order chi connectivity index (χ1) is 9.13. The maximum Gasteiger partial charge on any atom is 0.235 e. The molecule has 96 valence electrons. The molecule has 0 radical (unpaired) electrons. The Morgan fingerprint density at radius 1 is 1.32 bits per heavy atom. The lowest BCUT2D eigenvalue weighted by Gasteiger charge is -2.06. The molecule has 6 nitrogen and oxygen atoms in total. The topological polar surface area (TPSA) is 89.7 Å². The molecule has 0 spiro atoms. The third-order valence-corrected chi connectivity index (χ3v) is 3.04. The summed E-state index contributed by atoms with van der Waals surface area (Å²) in [4.78, 5) is 7.93. The summed E-state index contributed by atoms with van der Waals surface area (Å²) in [5.74, 6) is 0.145. The van der Waals surface area contributed by atoms with Gasteiger partial charge in [-0.3, -0.25) is 5.10 Å². The number of nitrogens with two attached hydrogens (primary N) is 1. The van der Waals surface area contributed by atoms with Crippen molar-refractivity contribution in [1.29, 1.82) is 0 Å². The third kappa shape index (κ3) is 2.22. The number of nitrogen functional groups attached to an aromatic ring is 1. The number of nitrogens with zero attached hydrogens (tertiary/aromatic N) is 3. The number of hydrogen-bond donors (Lipinski definition) is 2. The Morgan fingerprint density at radius 3 is 2.95 bits per heavy atom. The van der Waals surface area contributed by atoms with Gasteiger partial charge < -0.3 is 10.5 Å². The van der Waals surface area contributed by atoms with Crippen molar-refractivity contribution >= 4 is 32.9 Å². The number of hydrogen-bond acceptors (Lipinski definition) is 5. The van der Waals surface area contributed by atoms with Gasteiger partial charge in [0.15, 0.2) is 5.65 Å². The Kier molecular flexibility index (Phi) is 2.79. The van der Waals surface area contributed by atoms with Gasteiger partial charge in [0.05, 0.1) is 10.7 Å². The van der Waals surface area contributed by atoms with E-state index in [9.17, 15) is 4.39 Å². The number of halogens is 2. The van der Waals surface area contributed by atoms with Gasteiger partial charge in [0, 0.05) is 6.07 Å². The summed E-state index contributed by atoms with van der Waals surface area (Å²) in [6, 6.07) is 4.40. The number of aromatic nitrogens is 4. The minimum Gasteiger partial charge on any atom is -0.438 e. The van der Waals surface area contributed by atoms with Gasteiger partial charge in [-0.2, -0.15) is 15.1 Å². The van der Waals surface area contributed by atoms with Crippen LogP contribution in [0.3, 0.4) is 0 Å². The standard InChI is InChI=1S/C11H7BrFN5O/c12-7-2-1-5(3-8(7)13)19-10-6-4-15-18-9(6)16-11(14)17-10/h1-4H,(H3,14,15,16,17,18). The molecule has 3 aromatic rings. The summed E-state index contributed by atoms with van der Waals surface area (Å²) >= 11 is 3.07. The van der Waals surface area contributed by atoms with Crippen LogP contribution < -0.4 is 10.5 Å². The van der Waals surface area contributed by atoms with E-state index in [2.05, 4.69) is 36.1 Å². The summed E-state index contributed by atoms with van der Waals surface area (Å²) in [5, 5.41) is 7.06. The van der Waals surface area contributed by atoms with Gasteiger partial charge in [0.2, 0.25) is 11.8 Å². The zero-order valence-electron chi connectivity index (χ0n) is 9.39. The van der Waals surface area contributed by atoms with E-state index in [4.69, 9.17) is 10.5 Å². The number of anilines is 1. The summed E-state index contributed by atoms with van der Waals surface area (Å²) < 4.78 is 19.3. The Balaban J connectivity index is 2.04. The molecule has 2 aromatic heterocycles. The smallest absolute Gasteiger partial charge is 0.235 e. The number of fused-ring (bicyclic) bond motifs is 1. The Morgan fingerprint density at radius 2 is 2.16 bits per heavy atom. The first kappa shape index (κ1) is 11.8. The highest BCUT2D eigenvalue weighted by Gasteiger charge is 2.11. The van der Waals surface area contributed by atoms with Crippen LogP contribution in [0.5, 0.6) is 11.6 Å². The molecule has 3 N–H and O–H groups in total. The molecule has 0 aliphatic rings. The number of ether oxygens (including phenoxy) is 1. The summed E-state index contributed by atoms with van der Waals surface area (Å²) in [6.07, 6.45) is 1.51. The van der Waals surface area contributed by atoms with E-state index in [0.29, 0.717) is 21.3 Å². The lowest BCUT2D eigenvalue weighted by atomic mass is 10.3. The normalized spacial score (nSPS) is 10.8. The fraction of sp³-hybridized carbons (Fsp3) is 0. The van der Waals surface area contributed by atoms with Crippen LogP contribution in [0, 0.1) is 5.82 Å². The van der Waals surface area contributed by atoms with E-state index in [0.717, 1.165) is 0 Å². The number of H-pyrrole nitrogens is 1. The monoisotopic (exact) mass is 323 g/mol. The Bertz CT molecular complexity index is 760. The molecular weight excluding hydrogens is 317 g/mol. The molecule has 0 aliphatic carbocycles. The first-order valence-corrected chi connectivity index (χ1v) is 6.02. The quantitative estimate of drug-likeness (QED) is 0.756. The van der Waals surface area contributed by atoms with Crippen molar-refractivity contribution in [2.24, 2.45) is 0 Å².